The lowest BCUT2D eigenvalue weighted by Crippen LogP contribution is -2.32. The SMILES string of the molecule is CNC1=NCC(=S)N1. The summed E-state index contributed by atoms with van der Waals surface area (Å²) in [6, 6.07) is 0. The molecule has 1 aliphatic heterocycles. The molecule has 4 heteroatoms. The zero-order valence-corrected chi connectivity index (χ0v) is 5.38. The van der Waals surface area contributed by atoms with Crippen LogP contribution in [0.15, 0.2) is 4.99 Å². The Hall–Kier alpha value is -0.640. The zero-order chi connectivity index (χ0) is 5.98. The highest BCUT2D eigenvalue weighted by atomic mass is 32.1. The molecule has 1 heterocycles. The van der Waals surface area contributed by atoms with Crippen LogP contribution in [0.3, 0.4) is 0 Å². The first-order chi connectivity index (χ1) is 3.83. The second-order valence-electron chi connectivity index (χ2n) is 1.46. The maximum absolute atomic E-state index is 4.80. The van der Waals surface area contributed by atoms with Crippen molar-refractivity contribution >= 4 is 23.2 Å². The summed E-state index contributed by atoms with van der Waals surface area (Å²) in [5.41, 5.74) is 0. The highest BCUT2D eigenvalue weighted by molar-refractivity contribution is 7.80. The fourth-order valence-corrected chi connectivity index (χ4v) is 0.665. The van der Waals surface area contributed by atoms with Crippen molar-refractivity contribution < 1.29 is 0 Å². The Bertz CT molecular complexity index is 140. The van der Waals surface area contributed by atoms with E-state index in [2.05, 4.69) is 15.6 Å². The number of guanidine groups is 1. The van der Waals surface area contributed by atoms with Gasteiger partial charge >= 0.3 is 0 Å². The van der Waals surface area contributed by atoms with E-state index in [0.717, 1.165) is 10.9 Å². The van der Waals surface area contributed by atoms with Crippen molar-refractivity contribution in [3.63, 3.8) is 0 Å². The Morgan fingerprint density at radius 2 is 2.62 bits per heavy atom. The first kappa shape index (κ1) is 5.50. The fraction of sp³-hybridized carbons (Fsp3) is 0.500. The lowest BCUT2D eigenvalue weighted by Gasteiger charge is -1.96. The minimum Gasteiger partial charge on any atom is -0.359 e. The molecule has 0 saturated carbocycles. The van der Waals surface area contributed by atoms with E-state index in [1.807, 2.05) is 0 Å². The van der Waals surface area contributed by atoms with Gasteiger partial charge in [-0.15, -0.1) is 0 Å². The standard InChI is InChI=1S/C4H7N3S/c1-5-4-6-2-3(8)7-4/h2H2,1H3,(H2,5,6,7,8). The van der Waals surface area contributed by atoms with E-state index in [4.69, 9.17) is 12.2 Å². The Morgan fingerprint density at radius 3 is 2.88 bits per heavy atom. The minimum absolute atomic E-state index is 0.630. The quantitative estimate of drug-likeness (QED) is 0.433. The molecule has 44 valence electrons. The molecule has 0 fully saturated rings. The summed E-state index contributed by atoms with van der Waals surface area (Å²) in [6.07, 6.45) is 0. The number of hydrogen-bond acceptors (Lipinski definition) is 3. The fourth-order valence-electron chi connectivity index (χ4n) is 0.504. The number of nitrogens with zero attached hydrogens (tertiary/aromatic N) is 1. The van der Waals surface area contributed by atoms with E-state index in [0.29, 0.717) is 6.54 Å². The van der Waals surface area contributed by atoms with Gasteiger partial charge in [0.05, 0.1) is 6.54 Å². The molecule has 3 nitrogen and oxygen atoms in total. The van der Waals surface area contributed by atoms with Gasteiger partial charge in [-0.05, 0) is 0 Å². The van der Waals surface area contributed by atoms with Crippen LogP contribution in [0.25, 0.3) is 0 Å². The summed E-state index contributed by atoms with van der Waals surface area (Å²) in [4.78, 5) is 4.77. The summed E-state index contributed by atoms with van der Waals surface area (Å²) in [6.45, 7) is 0.630. The second-order valence-corrected chi connectivity index (χ2v) is 1.96. The van der Waals surface area contributed by atoms with Crippen LogP contribution >= 0.6 is 12.2 Å². The molecule has 1 rings (SSSR count). The number of nitrogens with one attached hydrogen (secondary N) is 2. The Labute approximate surface area is 53.2 Å². The van der Waals surface area contributed by atoms with E-state index < -0.39 is 0 Å². The molecule has 0 aromatic carbocycles. The van der Waals surface area contributed by atoms with Crippen LogP contribution < -0.4 is 10.6 Å². The van der Waals surface area contributed by atoms with Gasteiger partial charge in [0.2, 0.25) is 0 Å². The summed E-state index contributed by atoms with van der Waals surface area (Å²) in [7, 11) is 1.81. The van der Waals surface area contributed by atoms with Crippen molar-refractivity contribution in [3.05, 3.63) is 0 Å². The van der Waals surface area contributed by atoms with E-state index in [1.54, 1.807) is 7.05 Å². The molecule has 1 aliphatic rings. The van der Waals surface area contributed by atoms with Crippen LogP contribution in [-0.4, -0.2) is 24.5 Å². The van der Waals surface area contributed by atoms with Crippen molar-refractivity contribution in [1.82, 2.24) is 10.6 Å². The number of aliphatic imine (C=N–C) groups is 1. The molecule has 0 aromatic rings. The third-order valence-corrected chi connectivity index (χ3v) is 1.11. The van der Waals surface area contributed by atoms with Gasteiger partial charge in [0.1, 0.15) is 4.99 Å². The lowest BCUT2D eigenvalue weighted by molar-refractivity contribution is 1.11. The van der Waals surface area contributed by atoms with Crippen LogP contribution in [-0.2, 0) is 0 Å². The molecule has 0 saturated heterocycles. The summed E-state index contributed by atoms with van der Waals surface area (Å²) >= 11 is 4.80. The van der Waals surface area contributed by atoms with Gasteiger partial charge in [0.25, 0.3) is 0 Å². The molecule has 0 radical (unpaired) electrons. The van der Waals surface area contributed by atoms with Gasteiger partial charge in [-0.2, -0.15) is 0 Å². The van der Waals surface area contributed by atoms with Gasteiger partial charge in [0, 0.05) is 7.05 Å². The van der Waals surface area contributed by atoms with Gasteiger partial charge in [0.15, 0.2) is 5.96 Å². The topological polar surface area (TPSA) is 36.4 Å². The van der Waals surface area contributed by atoms with Crippen LogP contribution in [0.1, 0.15) is 0 Å². The smallest absolute Gasteiger partial charge is 0.196 e. The Kier molecular flexibility index (Phi) is 1.43. The molecule has 0 amide bonds. The monoisotopic (exact) mass is 129 g/mol. The highest BCUT2D eigenvalue weighted by Gasteiger charge is 2.05. The molecule has 0 bridgehead atoms. The Balaban J connectivity index is 2.49. The van der Waals surface area contributed by atoms with Crippen LogP contribution in [0.5, 0.6) is 0 Å². The molecule has 0 aromatic heterocycles. The van der Waals surface area contributed by atoms with Crippen molar-refractivity contribution in [3.8, 4) is 0 Å². The summed E-state index contributed by atoms with van der Waals surface area (Å²) in [5.74, 6) is 0.773. The van der Waals surface area contributed by atoms with Crippen molar-refractivity contribution in [1.29, 1.82) is 0 Å². The first-order valence-corrected chi connectivity index (χ1v) is 2.76. The normalized spacial score (nSPS) is 17.6. The average molecular weight is 129 g/mol. The summed E-state index contributed by atoms with van der Waals surface area (Å²) in [5, 5.41) is 5.72. The lowest BCUT2D eigenvalue weighted by atomic mass is 10.7. The third kappa shape index (κ3) is 0.949. The van der Waals surface area contributed by atoms with Crippen LogP contribution in [0, 0.1) is 0 Å². The third-order valence-electron chi connectivity index (χ3n) is 0.875. The molecular formula is C4H7N3S. The molecule has 0 atom stereocenters. The summed E-state index contributed by atoms with van der Waals surface area (Å²) < 4.78 is 0. The van der Waals surface area contributed by atoms with Crippen molar-refractivity contribution in [2.75, 3.05) is 13.6 Å². The van der Waals surface area contributed by atoms with Crippen molar-refractivity contribution in [2.24, 2.45) is 4.99 Å². The van der Waals surface area contributed by atoms with E-state index in [9.17, 15) is 0 Å². The molecule has 0 spiro atoms. The minimum atomic E-state index is 0.630. The van der Waals surface area contributed by atoms with E-state index >= 15 is 0 Å². The highest BCUT2D eigenvalue weighted by Crippen LogP contribution is 1.84. The van der Waals surface area contributed by atoms with Gasteiger partial charge < -0.3 is 10.6 Å². The number of thiocarbonyl (C=S) groups is 1. The van der Waals surface area contributed by atoms with E-state index in [-0.39, 0.29) is 0 Å². The molecule has 8 heavy (non-hydrogen) atoms. The predicted molar refractivity (Wildman–Crippen MR) is 37.1 cm³/mol. The number of hydrogen-bond donors (Lipinski definition) is 2. The largest absolute Gasteiger partial charge is 0.359 e. The zero-order valence-electron chi connectivity index (χ0n) is 4.56. The molecule has 0 aliphatic carbocycles. The molecular weight excluding hydrogens is 122 g/mol. The second kappa shape index (κ2) is 2.09. The maximum atomic E-state index is 4.80. The molecule has 2 N–H and O–H groups in total. The van der Waals surface area contributed by atoms with E-state index in [1.165, 1.54) is 0 Å². The van der Waals surface area contributed by atoms with Gasteiger partial charge in [-0.1, -0.05) is 12.2 Å². The van der Waals surface area contributed by atoms with Gasteiger partial charge in [-0.25, -0.2) is 4.99 Å². The van der Waals surface area contributed by atoms with Crippen LogP contribution in [0.2, 0.25) is 0 Å². The Morgan fingerprint density at radius 1 is 1.88 bits per heavy atom. The molecule has 0 unspecified atom stereocenters. The van der Waals surface area contributed by atoms with Crippen molar-refractivity contribution in [2.45, 2.75) is 0 Å². The predicted octanol–water partition coefficient (Wildman–Crippen LogP) is -0.508. The first-order valence-electron chi connectivity index (χ1n) is 2.35. The van der Waals surface area contributed by atoms with Crippen LogP contribution in [0.4, 0.5) is 0 Å². The number of rotatable bonds is 0. The average Bonchev–Trinajstić information content (AvgIpc) is 2.14. The maximum Gasteiger partial charge on any atom is 0.196 e. The van der Waals surface area contributed by atoms with Gasteiger partial charge in [-0.3, -0.25) is 0 Å².